The number of hydrogen-bond donors (Lipinski definition) is 2. The van der Waals surface area contributed by atoms with Crippen LogP contribution in [0.4, 0.5) is 5.69 Å². The van der Waals surface area contributed by atoms with E-state index in [4.69, 9.17) is 10.5 Å². The van der Waals surface area contributed by atoms with Crippen LogP contribution in [-0.2, 0) is 0 Å². The maximum atomic E-state index is 12.5. The summed E-state index contributed by atoms with van der Waals surface area (Å²) >= 11 is 1.40. The zero-order valence-corrected chi connectivity index (χ0v) is 13.8. The van der Waals surface area contributed by atoms with Crippen molar-refractivity contribution in [2.75, 3.05) is 12.8 Å². The molecule has 2 rings (SSSR count). The predicted octanol–water partition coefficient (Wildman–Crippen LogP) is 3.80. The number of nitrogen functional groups attached to an aromatic ring is 1. The number of nitrogens with two attached hydrogens (primary N) is 1. The van der Waals surface area contributed by atoms with Gasteiger partial charge in [0.25, 0.3) is 5.91 Å². The van der Waals surface area contributed by atoms with Gasteiger partial charge in [-0.1, -0.05) is 13.3 Å². The second kappa shape index (κ2) is 5.93. The summed E-state index contributed by atoms with van der Waals surface area (Å²) in [6.45, 7) is 6.16. The molecule has 21 heavy (non-hydrogen) atoms. The van der Waals surface area contributed by atoms with Crippen LogP contribution in [0.5, 0.6) is 5.75 Å². The van der Waals surface area contributed by atoms with Gasteiger partial charge in [0.1, 0.15) is 10.6 Å². The number of anilines is 1. The summed E-state index contributed by atoms with van der Waals surface area (Å²) in [6, 6.07) is 5.66. The number of fused-ring (bicyclic) bond motifs is 1. The Morgan fingerprint density at radius 1 is 1.43 bits per heavy atom. The van der Waals surface area contributed by atoms with E-state index < -0.39 is 0 Å². The molecule has 0 bridgehead atoms. The third kappa shape index (κ3) is 3.29. The molecule has 0 unspecified atom stereocenters. The SMILES string of the molecule is CCCC(C)(C)NC(=O)c1sc2cc(OC)ccc2c1N. The second-order valence-electron chi connectivity index (χ2n) is 5.79. The Labute approximate surface area is 129 Å². The van der Waals surface area contributed by atoms with Gasteiger partial charge in [-0.25, -0.2) is 0 Å². The number of thiophene rings is 1. The maximum Gasteiger partial charge on any atom is 0.263 e. The molecule has 1 aromatic heterocycles. The third-order valence-corrected chi connectivity index (χ3v) is 4.64. The molecule has 0 aliphatic heterocycles. The molecule has 4 nitrogen and oxygen atoms in total. The first-order valence-corrected chi connectivity index (χ1v) is 7.88. The number of amides is 1. The normalized spacial score (nSPS) is 11.6. The highest BCUT2D eigenvalue weighted by Gasteiger charge is 2.23. The van der Waals surface area contributed by atoms with Crippen LogP contribution in [0.15, 0.2) is 18.2 Å². The summed E-state index contributed by atoms with van der Waals surface area (Å²) in [5.74, 6) is 0.660. The van der Waals surface area contributed by atoms with E-state index in [0.29, 0.717) is 10.6 Å². The molecule has 0 saturated heterocycles. The summed E-state index contributed by atoms with van der Waals surface area (Å²) in [7, 11) is 1.62. The first-order valence-electron chi connectivity index (χ1n) is 7.06. The number of ether oxygens (including phenoxy) is 1. The molecule has 0 atom stereocenters. The van der Waals surface area contributed by atoms with Crippen molar-refractivity contribution in [2.24, 2.45) is 0 Å². The minimum absolute atomic E-state index is 0.105. The van der Waals surface area contributed by atoms with Crippen LogP contribution >= 0.6 is 11.3 Å². The number of hydrogen-bond acceptors (Lipinski definition) is 4. The number of methoxy groups -OCH3 is 1. The lowest BCUT2D eigenvalue weighted by molar-refractivity contribution is 0.0914. The van der Waals surface area contributed by atoms with E-state index in [2.05, 4.69) is 12.2 Å². The Bertz CT molecular complexity index is 662. The molecular weight excluding hydrogens is 284 g/mol. The van der Waals surface area contributed by atoms with Gasteiger partial charge < -0.3 is 15.8 Å². The maximum absolute atomic E-state index is 12.5. The number of rotatable bonds is 5. The van der Waals surface area contributed by atoms with Crippen LogP contribution in [0, 0.1) is 0 Å². The van der Waals surface area contributed by atoms with Crippen molar-refractivity contribution in [3.8, 4) is 5.75 Å². The van der Waals surface area contributed by atoms with Crippen LogP contribution in [0.3, 0.4) is 0 Å². The van der Waals surface area contributed by atoms with E-state index >= 15 is 0 Å². The van der Waals surface area contributed by atoms with Crippen molar-refractivity contribution >= 4 is 33.0 Å². The molecule has 0 aliphatic rings. The van der Waals surface area contributed by atoms with E-state index in [0.717, 1.165) is 28.7 Å². The van der Waals surface area contributed by atoms with Crippen LogP contribution in [0.2, 0.25) is 0 Å². The molecule has 1 aromatic carbocycles. The zero-order valence-electron chi connectivity index (χ0n) is 12.9. The Morgan fingerprint density at radius 3 is 2.76 bits per heavy atom. The van der Waals surface area contributed by atoms with Crippen molar-refractivity contribution in [3.63, 3.8) is 0 Å². The smallest absolute Gasteiger partial charge is 0.263 e. The minimum atomic E-state index is -0.230. The molecular formula is C16H22N2O2S. The first kappa shape index (κ1) is 15.6. The van der Waals surface area contributed by atoms with E-state index in [9.17, 15) is 4.79 Å². The topological polar surface area (TPSA) is 64.3 Å². The first-order chi connectivity index (χ1) is 9.88. The van der Waals surface area contributed by atoms with Crippen LogP contribution in [0.1, 0.15) is 43.3 Å². The fraction of sp³-hybridized carbons (Fsp3) is 0.438. The largest absolute Gasteiger partial charge is 0.497 e. The minimum Gasteiger partial charge on any atom is -0.497 e. The van der Waals surface area contributed by atoms with Crippen molar-refractivity contribution in [1.29, 1.82) is 0 Å². The lowest BCUT2D eigenvalue weighted by Crippen LogP contribution is -2.43. The van der Waals surface area contributed by atoms with Gasteiger partial charge >= 0.3 is 0 Å². The second-order valence-corrected chi connectivity index (χ2v) is 6.85. The summed E-state index contributed by atoms with van der Waals surface area (Å²) in [5, 5.41) is 3.97. The van der Waals surface area contributed by atoms with Gasteiger partial charge in [-0.05, 0) is 38.5 Å². The standard InChI is InChI=1S/C16H22N2O2S/c1-5-8-16(2,3)18-15(19)14-13(17)11-7-6-10(20-4)9-12(11)21-14/h6-7,9H,5,8,17H2,1-4H3,(H,18,19). The van der Waals surface area contributed by atoms with Gasteiger partial charge in [-0.15, -0.1) is 11.3 Å². The highest BCUT2D eigenvalue weighted by Crippen LogP contribution is 2.36. The fourth-order valence-corrected chi connectivity index (χ4v) is 3.49. The lowest BCUT2D eigenvalue weighted by atomic mass is 9.99. The quantitative estimate of drug-likeness (QED) is 0.883. The summed E-state index contributed by atoms with van der Waals surface area (Å²) in [5.41, 5.74) is 6.45. The Balaban J connectivity index is 2.33. The molecule has 1 amide bonds. The van der Waals surface area contributed by atoms with Gasteiger partial charge in [0.15, 0.2) is 0 Å². The Kier molecular flexibility index (Phi) is 4.42. The molecule has 0 spiro atoms. The Hall–Kier alpha value is -1.75. The van der Waals surface area contributed by atoms with Crippen LogP contribution in [0.25, 0.3) is 10.1 Å². The van der Waals surface area contributed by atoms with Crippen molar-refractivity contribution in [1.82, 2.24) is 5.32 Å². The molecule has 3 N–H and O–H groups in total. The fourth-order valence-electron chi connectivity index (χ4n) is 2.44. The van der Waals surface area contributed by atoms with Crippen molar-refractivity contribution < 1.29 is 9.53 Å². The molecule has 0 radical (unpaired) electrons. The number of carbonyl (C=O) groups excluding carboxylic acids is 1. The van der Waals surface area contributed by atoms with Crippen molar-refractivity contribution in [3.05, 3.63) is 23.1 Å². The van der Waals surface area contributed by atoms with E-state index in [1.165, 1.54) is 11.3 Å². The van der Waals surface area contributed by atoms with Gasteiger partial charge in [-0.2, -0.15) is 0 Å². The molecule has 0 saturated carbocycles. The van der Waals surface area contributed by atoms with Gasteiger partial charge in [0.05, 0.1) is 12.8 Å². The van der Waals surface area contributed by atoms with Gasteiger partial charge in [-0.3, -0.25) is 4.79 Å². The molecule has 0 fully saturated rings. The lowest BCUT2D eigenvalue weighted by Gasteiger charge is -2.25. The molecule has 1 heterocycles. The van der Waals surface area contributed by atoms with E-state index in [-0.39, 0.29) is 11.4 Å². The van der Waals surface area contributed by atoms with Gasteiger partial charge in [0.2, 0.25) is 0 Å². The number of carbonyl (C=O) groups is 1. The summed E-state index contributed by atoms with van der Waals surface area (Å²) in [6.07, 6.45) is 1.95. The number of nitrogens with one attached hydrogen (secondary N) is 1. The monoisotopic (exact) mass is 306 g/mol. The molecule has 0 aliphatic carbocycles. The molecule has 2 aromatic rings. The predicted molar refractivity (Wildman–Crippen MR) is 89.2 cm³/mol. The van der Waals surface area contributed by atoms with Crippen LogP contribution in [-0.4, -0.2) is 18.6 Å². The molecule has 114 valence electrons. The highest BCUT2D eigenvalue weighted by molar-refractivity contribution is 7.21. The average Bonchev–Trinajstić information content (AvgIpc) is 2.75. The van der Waals surface area contributed by atoms with Crippen LogP contribution < -0.4 is 15.8 Å². The van der Waals surface area contributed by atoms with Crippen molar-refractivity contribution in [2.45, 2.75) is 39.2 Å². The summed E-state index contributed by atoms with van der Waals surface area (Å²) in [4.78, 5) is 13.0. The number of benzene rings is 1. The third-order valence-electron chi connectivity index (χ3n) is 3.47. The Morgan fingerprint density at radius 2 is 2.14 bits per heavy atom. The summed E-state index contributed by atoms with van der Waals surface area (Å²) < 4.78 is 6.17. The average molecular weight is 306 g/mol. The van der Waals surface area contributed by atoms with Gasteiger partial charge in [0, 0.05) is 15.6 Å². The zero-order chi connectivity index (χ0) is 15.6. The van der Waals surface area contributed by atoms with E-state index in [1.807, 2.05) is 32.0 Å². The molecule has 5 heteroatoms. The van der Waals surface area contributed by atoms with E-state index in [1.54, 1.807) is 7.11 Å². The highest BCUT2D eigenvalue weighted by atomic mass is 32.1.